The molecule has 2 aromatic carbocycles. The fourth-order valence-corrected chi connectivity index (χ4v) is 3.33. The van der Waals surface area contributed by atoms with Gasteiger partial charge < -0.3 is 5.11 Å². The van der Waals surface area contributed by atoms with Crippen LogP contribution in [-0.2, 0) is 10.0 Å². The van der Waals surface area contributed by atoms with Gasteiger partial charge in [0.05, 0.1) is 10.5 Å². The quantitative estimate of drug-likeness (QED) is 0.882. The number of sulfonamides is 1. The van der Waals surface area contributed by atoms with Gasteiger partial charge in [0, 0.05) is 10.2 Å². The lowest BCUT2D eigenvalue weighted by molar-refractivity contribution is 0.0696. The number of halogens is 1. The Morgan fingerprint density at radius 1 is 1.10 bits per heavy atom. The zero-order valence-corrected chi connectivity index (χ0v) is 12.5. The number of carboxylic acids is 1. The van der Waals surface area contributed by atoms with E-state index in [1.165, 1.54) is 12.1 Å². The van der Waals surface area contributed by atoms with Crippen LogP contribution in [0.25, 0.3) is 0 Å². The Kier molecular flexibility index (Phi) is 4.10. The van der Waals surface area contributed by atoms with Gasteiger partial charge >= 0.3 is 5.97 Å². The molecule has 0 saturated carbocycles. The molecule has 0 aliphatic heterocycles. The van der Waals surface area contributed by atoms with E-state index in [-0.39, 0.29) is 10.5 Å². The molecule has 0 bridgehead atoms. The van der Waals surface area contributed by atoms with Crippen molar-refractivity contribution in [1.82, 2.24) is 0 Å². The number of hydrogen-bond donors (Lipinski definition) is 2. The number of carboxylic acid groups (broad SMARTS) is 1. The van der Waals surface area contributed by atoms with Crippen LogP contribution >= 0.6 is 15.9 Å². The first-order valence-corrected chi connectivity index (χ1v) is 7.78. The summed E-state index contributed by atoms with van der Waals surface area (Å²) in [6.07, 6.45) is 0. The van der Waals surface area contributed by atoms with E-state index >= 15 is 0 Å². The molecule has 2 rings (SSSR count). The molecule has 0 fully saturated rings. The van der Waals surface area contributed by atoms with Crippen molar-refractivity contribution in [1.29, 1.82) is 0 Å². The summed E-state index contributed by atoms with van der Waals surface area (Å²) in [6.45, 7) is 0. The van der Waals surface area contributed by atoms with Crippen LogP contribution in [0.3, 0.4) is 0 Å². The average molecular weight is 356 g/mol. The van der Waals surface area contributed by atoms with Crippen LogP contribution in [0, 0.1) is 0 Å². The van der Waals surface area contributed by atoms with Gasteiger partial charge in [-0.3, -0.25) is 4.72 Å². The zero-order valence-electron chi connectivity index (χ0n) is 10.1. The molecule has 2 aromatic rings. The molecule has 0 spiro atoms. The van der Waals surface area contributed by atoms with E-state index in [9.17, 15) is 13.2 Å². The van der Waals surface area contributed by atoms with Crippen LogP contribution in [0.5, 0.6) is 0 Å². The molecule has 0 aliphatic rings. The molecule has 0 atom stereocenters. The highest BCUT2D eigenvalue weighted by atomic mass is 79.9. The third-order valence-corrected chi connectivity index (χ3v) is 4.27. The van der Waals surface area contributed by atoms with E-state index in [1.807, 2.05) is 0 Å². The van der Waals surface area contributed by atoms with Crippen LogP contribution in [-0.4, -0.2) is 19.5 Å². The molecule has 0 radical (unpaired) electrons. The average Bonchev–Trinajstić information content (AvgIpc) is 2.38. The predicted molar refractivity (Wildman–Crippen MR) is 78.4 cm³/mol. The third-order valence-electron chi connectivity index (χ3n) is 2.45. The molecule has 0 saturated heterocycles. The van der Waals surface area contributed by atoms with Gasteiger partial charge in [-0.05, 0) is 30.3 Å². The molecule has 0 heterocycles. The number of hydrogen-bond acceptors (Lipinski definition) is 3. The highest BCUT2D eigenvalue weighted by molar-refractivity contribution is 9.10. The maximum atomic E-state index is 12.2. The number of rotatable bonds is 4. The molecule has 7 heteroatoms. The molecule has 0 aliphatic carbocycles. The summed E-state index contributed by atoms with van der Waals surface area (Å²) in [5.74, 6) is -1.19. The first-order valence-electron chi connectivity index (χ1n) is 5.50. The van der Waals surface area contributed by atoms with Crippen molar-refractivity contribution in [3.05, 3.63) is 58.6 Å². The molecule has 20 heavy (non-hydrogen) atoms. The van der Waals surface area contributed by atoms with Gasteiger partial charge in [0.1, 0.15) is 0 Å². The SMILES string of the molecule is O=C(O)c1cc(Br)cc(S(=O)(=O)Nc2ccccc2)c1. The molecule has 0 amide bonds. The standard InChI is InChI=1S/C13H10BrNO4S/c14-10-6-9(13(16)17)7-12(8-10)20(18,19)15-11-4-2-1-3-5-11/h1-8,15H,(H,16,17). The number of benzene rings is 2. The largest absolute Gasteiger partial charge is 0.478 e. The summed E-state index contributed by atoms with van der Waals surface area (Å²) >= 11 is 3.10. The fourth-order valence-electron chi connectivity index (χ4n) is 1.56. The minimum absolute atomic E-state index is 0.104. The number of aromatic carboxylic acids is 1. The summed E-state index contributed by atoms with van der Waals surface area (Å²) < 4.78 is 27.2. The lowest BCUT2D eigenvalue weighted by Crippen LogP contribution is -2.13. The van der Waals surface area contributed by atoms with Crippen molar-refractivity contribution in [2.75, 3.05) is 4.72 Å². The van der Waals surface area contributed by atoms with Crippen LogP contribution in [0.2, 0.25) is 0 Å². The maximum Gasteiger partial charge on any atom is 0.335 e. The van der Waals surface area contributed by atoms with Gasteiger partial charge in [0.2, 0.25) is 0 Å². The first kappa shape index (κ1) is 14.5. The molecule has 0 aromatic heterocycles. The van der Waals surface area contributed by atoms with E-state index in [4.69, 9.17) is 5.11 Å². The molecule has 104 valence electrons. The number of anilines is 1. The van der Waals surface area contributed by atoms with Crippen molar-refractivity contribution >= 4 is 37.6 Å². The molecule has 5 nitrogen and oxygen atoms in total. The Labute approximate surface area is 124 Å². The summed E-state index contributed by atoms with van der Waals surface area (Å²) in [7, 11) is -3.84. The fraction of sp³-hybridized carbons (Fsp3) is 0. The number of nitrogens with one attached hydrogen (secondary N) is 1. The van der Waals surface area contributed by atoms with Crippen LogP contribution in [0.15, 0.2) is 57.9 Å². The third kappa shape index (κ3) is 3.37. The highest BCUT2D eigenvalue weighted by Gasteiger charge is 2.17. The lowest BCUT2D eigenvalue weighted by Gasteiger charge is -2.09. The van der Waals surface area contributed by atoms with Crippen molar-refractivity contribution in [2.24, 2.45) is 0 Å². The van der Waals surface area contributed by atoms with E-state index in [0.717, 1.165) is 6.07 Å². The van der Waals surface area contributed by atoms with Gasteiger partial charge in [0.15, 0.2) is 0 Å². The van der Waals surface area contributed by atoms with Crippen molar-refractivity contribution in [3.8, 4) is 0 Å². The van der Waals surface area contributed by atoms with Crippen LogP contribution in [0.4, 0.5) is 5.69 Å². The van der Waals surface area contributed by atoms with Gasteiger partial charge in [-0.15, -0.1) is 0 Å². The van der Waals surface area contributed by atoms with E-state index < -0.39 is 16.0 Å². The Bertz CT molecular complexity index is 744. The second kappa shape index (κ2) is 5.64. The Morgan fingerprint density at radius 2 is 1.75 bits per heavy atom. The van der Waals surface area contributed by atoms with E-state index in [2.05, 4.69) is 20.7 Å². The predicted octanol–water partition coefficient (Wildman–Crippen LogP) is 2.95. The molecule has 0 unspecified atom stereocenters. The normalized spacial score (nSPS) is 11.1. The molecular weight excluding hydrogens is 346 g/mol. The van der Waals surface area contributed by atoms with E-state index in [0.29, 0.717) is 10.2 Å². The summed E-state index contributed by atoms with van der Waals surface area (Å²) in [5.41, 5.74) is 0.303. The number of carbonyl (C=O) groups is 1. The Hall–Kier alpha value is -1.86. The first-order chi connectivity index (χ1) is 9.38. The minimum atomic E-state index is -3.84. The van der Waals surface area contributed by atoms with Gasteiger partial charge in [0.25, 0.3) is 10.0 Å². The summed E-state index contributed by atoms with van der Waals surface area (Å²) in [6, 6.07) is 12.2. The summed E-state index contributed by atoms with van der Waals surface area (Å²) in [5, 5.41) is 8.95. The van der Waals surface area contributed by atoms with Crippen molar-refractivity contribution in [3.63, 3.8) is 0 Å². The van der Waals surface area contributed by atoms with Crippen molar-refractivity contribution in [2.45, 2.75) is 4.90 Å². The van der Waals surface area contributed by atoms with Gasteiger partial charge in [-0.2, -0.15) is 0 Å². The topological polar surface area (TPSA) is 83.5 Å². The van der Waals surface area contributed by atoms with E-state index in [1.54, 1.807) is 30.3 Å². The van der Waals surface area contributed by atoms with Gasteiger partial charge in [-0.25, -0.2) is 13.2 Å². The maximum absolute atomic E-state index is 12.2. The zero-order chi connectivity index (χ0) is 14.8. The van der Waals surface area contributed by atoms with Crippen molar-refractivity contribution < 1.29 is 18.3 Å². The smallest absolute Gasteiger partial charge is 0.335 e. The second-order valence-electron chi connectivity index (χ2n) is 3.95. The monoisotopic (exact) mass is 355 g/mol. The Morgan fingerprint density at radius 3 is 2.35 bits per heavy atom. The number of para-hydroxylation sites is 1. The molecular formula is C13H10BrNO4S. The highest BCUT2D eigenvalue weighted by Crippen LogP contribution is 2.22. The molecule has 2 N–H and O–H groups in total. The Balaban J connectivity index is 2.42. The second-order valence-corrected chi connectivity index (χ2v) is 6.55. The van der Waals surface area contributed by atoms with Gasteiger partial charge in [-0.1, -0.05) is 34.1 Å². The lowest BCUT2D eigenvalue weighted by atomic mass is 10.2. The minimum Gasteiger partial charge on any atom is -0.478 e. The summed E-state index contributed by atoms with van der Waals surface area (Å²) in [4.78, 5) is 10.8. The van der Waals surface area contributed by atoms with Crippen LogP contribution in [0.1, 0.15) is 10.4 Å². The van der Waals surface area contributed by atoms with Crippen LogP contribution < -0.4 is 4.72 Å².